The van der Waals surface area contributed by atoms with Gasteiger partial charge in [-0.1, -0.05) is 35.9 Å². The van der Waals surface area contributed by atoms with Crippen molar-refractivity contribution in [3.63, 3.8) is 0 Å². The SMILES string of the molecule is O=C(NC(C(=O)Nc1ccc(N2CCCCC2=O)cc1)c1ccccc1F)c1ccc2c(Cl)c[nH]c2c1. The number of aromatic amines is 1. The summed E-state index contributed by atoms with van der Waals surface area (Å²) < 4.78 is 14.7. The predicted molar refractivity (Wildman–Crippen MR) is 141 cm³/mol. The molecule has 188 valence electrons. The standard InChI is InChI=1S/C28H24ClFN4O3/c29-22-16-31-24-15-17(8-13-20(22)24)27(36)33-26(21-5-1-2-6-23(21)30)28(37)32-18-9-11-19(12-10-18)34-14-4-3-7-25(34)35/h1-2,5-6,8-13,15-16,26,31H,3-4,7,14H2,(H,32,37)(H,33,36). The fraction of sp³-hybridized carbons (Fsp3) is 0.179. The Morgan fingerprint density at radius 1 is 1.03 bits per heavy atom. The van der Waals surface area contributed by atoms with E-state index in [1.165, 1.54) is 18.2 Å². The number of hydrogen-bond donors (Lipinski definition) is 3. The third-order valence-electron chi connectivity index (χ3n) is 6.42. The van der Waals surface area contributed by atoms with Crippen LogP contribution in [0.15, 0.2) is 72.9 Å². The lowest BCUT2D eigenvalue weighted by molar-refractivity contribution is -0.119. The Hall–Kier alpha value is -4.17. The Morgan fingerprint density at radius 2 is 1.81 bits per heavy atom. The second kappa shape index (κ2) is 10.4. The third-order valence-corrected chi connectivity index (χ3v) is 6.73. The van der Waals surface area contributed by atoms with Crippen LogP contribution in [-0.2, 0) is 9.59 Å². The van der Waals surface area contributed by atoms with E-state index < -0.39 is 23.7 Å². The van der Waals surface area contributed by atoms with Crippen molar-refractivity contribution >= 4 is 51.6 Å². The summed E-state index contributed by atoms with van der Waals surface area (Å²) in [5.74, 6) is -1.70. The molecule has 2 heterocycles. The molecule has 5 rings (SSSR count). The lowest BCUT2D eigenvalue weighted by Gasteiger charge is -2.27. The van der Waals surface area contributed by atoms with Gasteiger partial charge in [-0.25, -0.2) is 4.39 Å². The number of hydrogen-bond acceptors (Lipinski definition) is 3. The summed E-state index contributed by atoms with van der Waals surface area (Å²) in [6, 6.07) is 16.3. The number of benzene rings is 3. The second-order valence-corrected chi connectivity index (χ2v) is 9.27. The Labute approximate surface area is 217 Å². The summed E-state index contributed by atoms with van der Waals surface area (Å²) in [4.78, 5) is 43.3. The van der Waals surface area contributed by atoms with Crippen molar-refractivity contribution in [3.8, 4) is 0 Å². The Bertz CT molecular complexity index is 1480. The van der Waals surface area contributed by atoms with E-state index in [4.69, 9.17) is 11.6 Å². The highest BCUT2D eigenvalue weighted by Gasteiger charge is 2.27. The normalized spacial score (nSPS) is 14.4. The number of halogens is 2. The first-order valence-electron chi connectivity index (χ1n) is 11.9. The van der Waals surface area contributed by atoms with Crippen molar-refractivity contribution in [1.82, 2.24) is 10.3 Å². The molecule has 0 radical (unpaired) electrons. The first kappa shape index (κ1) is 24.5. The quantitative estimate of drug-likeness (QED) is 0.311. The number of fused-ring (bicyclic) bond motifs is 1. The van der Waals surface area contributed by atoms with E-state index in [1.807, 2.05) is 0 Å². The average molecular weight is 519 g/mol. The third kappa shape index (κ3) is 5.20. The van der Waals surface area contributed by atoms with Gasteiger partial charge in [0.15, 0.2) is 0 Å². The van der Waals surface area contributed by atoms with Crippen LogP contribution in [0.3, 0.4) is 0 Å². The number of nitrogens with one attached hydrogen (secondary N) is 3. The highest BCUT2D eigenvalue weighted by Crippen LogP contribution is 2.26. The predicted octanol–water partition coefficient (Wildman–Crippen LogP) is 5.59. The van der Waals surface area contributed by atoms with Gasteiger partial charge in [-0.3, -0.25) is 14.4 Å². The topological polar surface area (TPSA) is 94.3 Å². The lowest BCUT2D eigenvalue weighted by atomic mass is 10.0. The monoisotopic (exact) mass is 518 g/mol. The molecular formula is C28H24ClFN4O3. The molecular weight excluding hydrogens is 495 g/mol. The molecule has 3 N–H and O–H groups in total. The molecule has 1 unspecified atom stereocenters. The zero-order valence-corrected chi connectivity index (χ0v) is 20.5. The fourth-order valence-electron chi connectivity index (χ4n) is 4.46. The molecule has 3 amide bonds. The van der Waals surface area contributed by atoms with Crippen LogP contribution in [0.4, 0.5) is 15.8 Å². The van der Waals surface area contributed by atoms with Gasteiger partial charge in [0, 0.05) is 52.6 Å². The van der Waals surface area contributed by atoms with Crippen molar-refractivity contribution in [2.45, 2.75) is 25.3 Å². The molecule has 1 fully saturated rings. The Kier molecular flexibility index (Phi) is 6.92. The number of amides is 3. The van der Waals surface area contributed by atoms with Crippen molar-refractivity contribution in [3.05, 3.63) is 94.9 Å². The summed E-state index contributed by atoms with van der Waals surface area (Å²) in [6.45, 7) is 0.659. The maximum atomic E-state index is 14.7. The zero-order valence-electron chi connectivity index (χ0n) is 19.8. The first-order valence-corrected chi connectivity index (χ1v) is 12.3. The minimum absolute atomic E-state index is 0.0351. The number of piperidine rings is 1. The van der Waals surface area contributed by atoms with Crippen molar-refractivity contribution < 1.29 is 18.8 Å². The molecule has 0 spiro atoms. The van der Waals surface area contributed by atoms with Crippen LogP contribution in [-0.4, -0.2) is 29.3 Å². The molecule has 1 saturated heterocycles. The number of anilines is 2. The van der Waals surface area contributed by atoms with Gasteiger partial charge in [-0.15, -0.1) is 0 Å². The van der Waals surface area contributed by atoms with E-state index in [0.717, 1.165) is 23.9 Å². The summed E-state index contributed by atoms with van der Waals surface area (Å²) in [7, 11) is 0. The lowest BCUT2D eigenvalue weighted by Crippen LogP contribution is -2.37. The average Bonchev–Trinajstić information content (AvgIpc) is 3.28. The van der Waals surface area contributed by atoms with Gasteiger partial charge in [0.2, 0.25) is 5.91 Å². The molecule has 1 aliphatic heterocycles. The van der Waals surface area contributed by atoms with Crippen LogP contribution < -0.4 is 15.5 Å². The molecule has 37 heavy (non-hydrogen) atoms. The van der Waals surface area contributed by atoms with Crippen LogP contribution in [0.1, 0.15) is 41.2 Å². The van der Waals surface area contributed by atoms with Gasteiger partial charge in [-0.2, -0.15) is 0 Å². The highest BCUT2D eigenvalue weighted by molar-refractivity contribution is 6.35. The second-order valence-electron chi connectivity index (χ2n) is 8.86. The largest absolute Gasteiger partial charge is 0.360 e. The van der Waals surface area contributed by atoms with E-state index in [-0.39, 0.29) is 17.0 Å². The number of H-pyrrole nitrogens is 1. The van der Waals surface area contributed by atoms with Gasteiger partial charge >= 0.3 is 0 Å². The maximum absolute atomic E-state index is 14.7. The summed E-state index contributed by atoms with van der Waals surface area (Å²) >= 11 is 6.12. The number of carbonyl (C=O) groups is 3. The number of carbonyl (C=O) groups excluding carboxylic acids is 3. The summed E-state index contributed by atoms with van der Waals surface area (Å²) in [5.41, 5.74) is 2.19. The smallest absolute Gasteiger partial charge is 0.252 e. The van der Waals surface area contributed by atoms with E-state index >= 15 is 0 Å². The summed E-state index contributed by atoms with van der Waals surface area (Å²) in [6.07, 6.45) is 3.97. The fourth-order valence-corrected chi connectivity index (χ4v) is 4.68. The van der Waals surface area contributed by atoms with E-state index in [2.05, 4.69) is 15.6 Å². The first-order chi connectivity index (χ1) is 17.9. The minimum Gasteiger partial charge on any atom is -0.360 e. The van der Waals surface area contributed by atoms with Crippen LogP contribution in [0, 0.1) is 5.82 Å². The molecule has 9 heteroatoms. The molecule has 0 saturated carbocycles. The minimum atomic E-state index is -1.29. The molecule has 3 aromatic carbocycles. The van der Waals surface area contributed by atoms with Gasteiger partial charge in [0.25, 0.3) is 11.8 Å². The Balaban J connectivity index is 1.37. The number of nitrogens with zero attached hydrogens (tertiary/aromatic N) is 1. The number of rotatable bonds is 6. The zero-order chi connectivity index (χ0) is 25.9. The van der Waals surface area contributed by atoms with Gasteiger partial charge in [-0.05, 0) is 55.3 Å². The van der Waals surface area contributed by atoms with Gasteiger partial charge in [0.05, 0.1) is 5.02 Å². The van der Waals surface area contributed by atoms with Crippen LogP contribution in [0.25, 0.3) is 10.9 Å². The van der Waals surface area contributed by atoms with Crippen molar-refractivity contribution in [2.75, 3.05) is 16.8 Å². The molecule has 1 aromatic heterocycles. The molecule has 1 aliphatic rings. The molecule has 1 atom stereocenters. The number of aromatic nitrogens is 1. The maximum Gasteiger partial charge on any atom is 0.252 e. The molecule has 0 aliphatic carbocycles. The highest BCUT2D eigenvalue weighted by atomic mass is 35.5. The van der Waals surface area contributed by atoms with Crippen molar-refractivity contribution in [1.29, 1.82) is 0 Å². The van der Waals surface area contributed by atoms with Gasteiger partial charge < -0.3 is 20.5 Å². The van der Waals surface area contributed by atoms with Crippen molar-refractivity contribution in [2.24, 2.45) is 0 Å². The molecule has 0 bridgehead atoms. The van der Waals surface area contributed by atoms with Gasteiger partial charge in [0.1, 0.15) is 11.9 Å². The van der Waals surface area contributed by atoms with E-state index in [9.17, 15) is 18.8 Å². The molecule has 4 aromatic rings. The van der Waals surface area contributed by atoms with Crippen LogP contribution in [0.5, 0.6) is 0 Å². The summed E-state index contributed by atoms with van der Waals surface area (Å²) in [5, 5.41) is 6.70. The van der Waals surface area contributed by atoms with E-state index in [0.29, 0.717) is 29.2 Å². The van der Waals surface area contributed by atoms with Crippen LogP contribution in [0.2, 0.25) is 5.02 Å². The van der Waals surface area contributed by atoms with Crippen LogP contribution >= 0.6 is 11.6 Å². The Morgan fingerprint density at radius 3 is 2.57 bits per heavy atom. The van der Waals surface area contributed by atoms with E-state index in [1.54, 1.807) is 59.6 Å². The molecule has 7 nitrogen and oxygen atoms in total.